The molecule has 1 atom stereocenters. The van der Waals surface area contributed by atoms with Gasteiger partial charge in [-0.05, 0) is 43.3 Å². The van der Waals surface area contributed by atoms with Crippen LogP contribution in [0.5, 0.6) is 0 Å². The van der Waals surface area contributed by atoms with Crippen LogP contribution in [0.25, 0.3) is 0 Å². The number of esters is 1. The summed E-state index contributed by atoms with van der Waals surface area (Å²) in [6.45, 7) is 2.02. The van der Waals surface area contributed by atoms with E-state index < -0.39 is 16.6 Å². The zero-order valence-corrected chi connectivity index (χ0v) is 20.0. The van der Waals surface area contributed by atoms with E-state index >= 15 is 0 Å². The molecule has 1 aromatic heterocycles. The molecule has 1 unspecified atom stereocenters. The Kier molecular flexibility index (Phi) is 8.25. The van der Waals surface area contributed by atoms with Crippen LogP contribution in [0, 0.1) is 0 Å². The summed E-state index contributed by atoms with van der Waals surface area (Å²) in [7, 11) is -1.33. The molecular formula is C21H19Cl2N3O4S2. The van der Waals surface area contributed by atoms with Crippen LogP contribution in [-0.4, -0.2) is 33.3 Å². The summed E-state index contributed by atoms with van der Waals surface area (Å²) in [5.74, 6) is -0.528. The standard InChI is InChI=1S/C21H19Cl2N3O4S2/c1-2-30-16(27)10-11-32(29)13-8-6-12(7-9-13)25-21-26-20(24)19(31-21)18(28)17-14(22)4-3-5-15(17)23/h3-9H,2,10-11,24H2,1H3,(H,25,26). The Morgan fingerprint density at radius 2 is 1.81 bits per heavy atom. The highest BCUT2D eigenvalue weighted by molar-refractivity contribution is 7.85. The Morgan fingerprint density at radius 1 is 1.16 bits per heavy atom. The van der Waals surface area contributed by atoms with E-state index in [1.165, 1.54) is 0 Å². The summed E-state index contributed by atoms with van der Waals surface area (Å²) in [6.07, 6.45) is 0.0884. The van der Waals surface area contributed by atoms with Gasteiger partial charge in [0.05, 0.1) is 39.4 Å². The molecule has 0 amide bonds. The second-order valence-electron chi connectivity index (χ2n) is 6.41. The number of hydrogen-bond acceptors (Lipinski definition) is 8. The lowest BCUT2D eigenvalue weighted by Gasteiger charge is -2.06. The number of hydrogen-bond donors (Lipinski definition) is 2. The van der Waals surface area contributed by atoms with Crippen molar-refractivity contribution < 1.29 is 18.5 Å². The average Bonchev–Trinajstić information content (AvgIpc) is 3.12. The minimum Gasteiger partial charge on any atom is -0.466 e. The van der Waals surface area contributed by atoms with Gasteiger partial charge in [0.15, 0.2) is 5.13 Å². The zero-order chi connectivity index (χ0) is 23.3. The number of nitrogens with two attached hydrogens (primary N) is 1. The molecule has 0 aliphatic heterocycles. The van der Waals surface area contributed by atoms with Crippen LogP contribution < -0.4 is 11.1 Å². The third-order valence-corrected chi connectivity index (χ3v) is 7.20. The number of nitrogen functional groups attached to an aromatic ring is 1. The molecule has 0 saturated heterocycles. The highest BCUT2D eigenvalue weighted by Crippen LogP contribution is 2.34. The molecule has 0 spiro atoms. The molecule has 0 radical (unpaired) electrons. The van der Waals surface area contributed by atoms with E-state index in [1.54, 1.807) is 49.4 Å². The molecule has 2 aromatic carbocycles. The summed E-state index contributed by atoms with van der Waals surface area (Å²) < 4.78 is 17.2. The van der Waals surface area contributed by atoms with Crippen molar-refractivity contribution in [1.29, 1.82) is 0 Å². The number of ketones is 1. The number of rotatable bonds is 9. The van der Waals surface area contributed by atoms with Crippen molar-refractivity contribution in [2.75, 3.05) is 23.4 Å². The number of ether oxygens (including phenoxy) is 1. The third kappa shape index (κ3) is 5.86. The second-order valence-corrected chi connectivity index (χ2v) is 9.80. The Bertz CT molecular complexity index is 1150. The number of benzene rings is 2. The van der Waals surface area contributed by atoms with Gasteiger partial charge in [-0.3, -0.25) is 13.8 Å². The molecule has 0 aliphatic rings. The van der Waals surface area contributed by atoms with Gasteiger partial charge >= 0.3 is 5.97 Å². The van der Waals surface area contributed by atoms with E-state index in [4.69, 9.17) is 33.7 Å². The monoisotopic (exact) mass is 511 g/mol. The predicted molar refractivity (Wildman–Crippen MR) is 129 cm³/mol. The van der Waals surface area contributed by atoms with Gasteiger partial charge < -0.3 is 15.8 Å². The lowest BCUT2D eigenvalue weighted by molar-refractivity contribution is -0.142. The summed E-state index contributed by atoms with van der Waals surface area (Å²) in [5.41, 5.74) is 6.79. The molecular weight excluding hydrogens is 493 g/mol. The van der Waals surface area contributed by atoms with Gasteiger partial charge in [0.2, 0.25) is 5.78 Å². The van der Waals surface area contributed by atoms with Crippen LogP contribution in [-0.2, 0) is 20.3 Å². The Labute approximate surface area is 201 Å². The topological polar surface area (TPSA) is 111 Å². The summed E-state index contributed by atoms with van der Waals surface area (Å²) in [5, 5.41) is 3.94. The first kappa shape index (κ1) is 24.2. The number of carbonyl (C=O) groups excluding carboxylic acids is 2. The highest BCUT2D eigenvalue weighted by Gasteiger charge is 2.22. The van der Waals surface area contributed by atoms with Crippen LogP contribution in [0.3, 0.4) is 0 Å². The lowest BCUT2D eigenvalue weighted by atomic mass is 10.1. The molecule has 32 heavy (non-hydrogen) atoms. The predicted octanol–water partition coefficient (Wildman–Crippen LogP) is 5.07. The number of nitrogens with one attached hydrogen (secondary N) is 1. The summed E-state index contributed by atoms with van der Waals surface area (Å²) >= 11 is 13.3. The smallest absolute Gasteiger partial charge is 0.306 e. The maximum atomic E-state index is 12.9. The number of anilines is 3. The number of halogens is 2. The van der Waals surface area contributed by atoms with Crippen LogP contribution in [0.15, 0.2) is 47.4 Å². The van der Waals surface area contributed by atoms with Crippen molar-refractivity contribution in [3.05, 3.63) is 63.0 Å². The highest BCUT2D eigenvalue weighted by atomic mass is 35.5. The van der Waals surface area contributed by atoms with Gasteiger partial charge in [0.1, 0.15) is 10.7 Å². The van der Waals surface area contributed by atoms with Gasteiger partial charge in [-0.2, -0.15) is 0 Å². The molecule has 3 N–H and O–H groups in total. The summed E-state index contributed by atoms with van der Waals surface area (Å²) in [4.78, 5) is 29.3. The van der Waals surface area contributed by atoms with E-state index in [1.807, 2.05) is 0 Å². The Morgan fingerprint density at radius 3 is 2.44 bits per heavy atom. The molecule has 1 heterocycles. The maximum Gasteiger partial charge on any atom is 0.306 e. The van der Waals surface area contributed by atoms with Crippen molar-refractivity contribution >= 4 is 73.7 Å². The minimum atomic E-state index is -1.33. The minimum absolute atomic E-state index is 0.0650. The Balaban J connectivity index is 1.69. The van der Waals surface area contributed by atoms with Crippen LogP contribution in [0.4, 0.5) is 16.6 Å². The van der Waals surface area contributed by atoms with Gasteiger partial charge in [-0.25, -0.2) is 4.98 Å². The van der Waals surface area contributed by atoms with Gasteiger partial charge in [-0.1, -0.05) is 40.6 Å². The number of nitrogens with zero attached hydrogens (tertiary/aromatic N) is 1. The van der Waals surface area contributed by atoms with E-state index in [-0.39, 0.29) is 44.4 Å². The first-order chi connectivity index (χ1) is 15.3. The van der Waals surface area contributed by atoms with Crippen LogP contribution >= 0.6 is 34.5 Å². The summed E-state index contributed by atoms with van der Waals surface area (Å²) in [6, 6.07) is 11.6. The molecule has 0 aliphatic carbocycles. The fourth-order valence-electron chi connectivity index (χ4n) is 2.72. The molecule has 3 aromatic rings. The zero-order valence-electron chi connectivity index (χ0n) is 16.9. The van der Waals surface area contributed by atoms with E-state index in [9.17, 15) is 13.8 Å². The van der Waals surface area contributed by atoms with Gasteiger partial charge in [-0.15, -0.1) is 0 Å². The molecule has 168 valence electrons. The molecule has 0 fully saturated rings. The number of aromatic nitrogens is 1. The molecule has 11 heteroatoms. The normalized spacial score (nSPS) is 11.7. The second kappa shape index (κ2) is 10.9. The first-order valence-corrected chi connectivity index (χ1v) is 12.4. The third-order valence-electron chi connectivity index (χ3n) is 4.21. The fraction of sp³-hybridized carbons (Fsp3) is 0.190. The van der Waals surface area contributed by atoms with Crippen molar-refractivity contribution in [2.24, 2.45) is 0 Å². The number of carbonyl (C=O) groups is 2. The van der Waals surface area contributed by atoms with Crippen molar-refractivity contribution in [2.45, 2.75) is 18.2 Å². The molecule has 7 nitrogen and oxygen atoms in total. The average molecular weight is 512 g/mol. The molecule has 0 saturated carbocycles. The van der Waals surface area contributed by atoms with Crippen molar-refractivity contribution in [3.63, 3.8) is 0 Å². The van der Waals surface area contributed by atoms with Crippen molar-refractivity contribution in [1.82, 2.24) is 4.98 Å². The van der Waals surface area contributed by atoms with Crippen LogP contribution in [0.2, 0.25) is 10.0 Å². The van der Waals surface area contributed by atoms with Gasteiger partial charge in [0, 0.05) is 16.3 Å². The SMILES string of the molecule is CCOC(=O)CCS(=O)c1ccc(Nc2nc(N)c(C(=O)c3c(Cl)cccc3Cl)s2)cc1. The van der Waals surface area contributed by atoms with Gasteiger partial charge in [0.25, 0.3) is 0 Å². The lowest BCUT2D eigenvalue weighted by Crippen LogP contribution is -2.09. The van der Waals surface area contributed by atoms with Crippen molar-refractivity contribution in [3.8, 4) is 0 Å². The van der Waals surface area contributed by atoms with E-state index in [0.29, 0.717) is 22.3 Å². The van der Waals surface area contributed by atoms with Crippen LogP contribution in [0.1, 0.15) is 28.6 Å². The van der Waals surface area contributed by atoms with E-state index in [2.05, 4.69) is 10.3 Å². The largest absolute Gasteiger partial charge is 0.466 e. The maximum absolute atomic E-state index is 12.9. The fourth-order valence-corrected chi connectivity index (χ4v) is 5.16. The molecule has 0 bridgehead atoms. The Hall–Kier alpha value is -2.46. The first-order valence-electron chi connectivity index (χ1n) is 9.46. The molecule has 3 rings (SSSR count). The quantitative estimate of drug-likeness (QED) is 0.304. The van der Waals surface area contributed by atoms with E-state index in [0.717, 1.165) is 11.3 Å². The number of thiazole rings is 1.